The molecular weight excluding hydrogens is 445 g/mol. The van der Waals surface area contributed by atoms with Gasteiger partial charge in [0.1, 0.15) is 0 Å². The van der Waals surface area contributed by atoms with Crippen LogP contribution in [0.5, 0.6) is 0 Å². The number of sulfone groups is 1. The van der Waals surface area contributed by atoms with Crippen molar-refractivity contribution >= 4 is 56.4 Å². The van der Waals surface area contributed by atoms with Crippen molar-refractivity contribution in [1.82, 2.24) is 9.78 Å². The molecule has 0 N–H and O–H groups in total. The lowest BCUT2D eigenvalue weighted by atomic mass is 10.2. The first kappa shape index (κ1) is 20.7. The Bertz CT molecular complexity index is 1160. The van der Waals surface area contributed by atoms with Gasteiger partial charge in [0.15, 0.2) is 0 Å². The van der Waals surface area contributed by atoms with Crippen molar-refractivity contribution < 1.29 is 13.2 Å². The van der Waals surface area contributed by atoms with Crippen molar-refractivity contribution in [3.8, 4) is 0 Å². The predicted molar refractivity (Wildman–Crippen MR) is 110 cm³/mol. The molecule has 10 heteroatoms. The van der Waals surface area contributed by atoms with Crippen LogP contribution in [0, 0.1) is 6.92 Å². The number of hydrogen-bond donors (Lipinski definition) is 0. The Balaban J connectivity index is 1.99. The van der Waals surface area contributed by atoms with Gasteiger partial charge in [-0.2, -0.15) is 9.78 Å². The van der Waals surface area contributed by atoms with E-state index in [0.717, 1.165) is 16.4 Å². The molecule has 0 spiro atoms. The second-order valence-corrected chi connectivity index (χ2v) is 9.16. The highest BCUT2D eigenvalue weighted by molar-refractivity contribution is 7.91. The number of aromatic nitrogens is 2. The Hall–Kier alpha value is -2.06. The molecule has 3 rings (SSSR count). The largest absolute Gasteiger partial charge is 0.348 e. The molecule has 0 unspecified atom stereocenters. The lowest BCUT2D eigenvalue weighted by molar-refractivity contribution is 0.246. The summed E-state index contributed by atoms with van der Waals surface area (Å²) in [6, 6.07) is 10.6. The molecule has 0 radical (unpaired) electrons. The third-order valence-corrected chi connectivity index (χ3v) is 6.40. The molecule has 0 atom stereocenters. The maximum absolute atomic E-state index is 12.9. The quantitative estimate of drug-likeness (QED) is 0.548. The van der Waals surface area contributed by atoms with Crippen molar-refractivity contribution in [2.24, 2.45) is 0 Å². The van der Waals surface area contributed by atoms with Crippen molar-refractivity contribution in [3.05, 3.63) is 69.3 Å². The fourth-order valence-corrected chi connectivity index (χ4v) is 4.90. The SMILES string of the molecule is Cc1cccc(N(C)C(=O)n2cc(Cl)c(S(=O)(=O)c3cc(Cl)cc(Cl)c3)n2)c1. The lowest BCUT2D eigenvalue weighted by Crippen LogP contribution is -2.31. The average molecular weight is 459 g/mol. The van der Waals surface area contributed by atoms with E-state index in [4.69, 9.17) is 34.8 Å². The minimum absolute atomic E-state index is 0.150. The van der Waals surface area contributed by atoms with Crippen LogP contribution >= 0.6 is 34.8 Å². The number of hydrogen-bond acceptors (Lipinski definition) is 4. The molecule has 146 valence electrons. The summed E-state index contributed by atoms with van der Waals surface area (Å²) >= 11 is 17.9. The fourth-order valence-electron chi connectivity index (χ4n) is 2.51. The Kier molecular flexibility index (Phi) is 5.72. The topological polar surface area (TPSA) is 72.3 Å². The van der Waals surface area contributed by atoms with Gasteiger partial charge in [-0.3, -0.25) is 4.90 Å². The van der Waals surface area contributed by atoms with Gasteiger partial charge in [-0.25, -0.2) is 13.2 Å². The van der Waals surface area contributed by atoms with E-state index in [1.165, 1.54) is 23.1 Å². The Morgan fingerprint density at radius 2 is 1.71 bits per heavy atom. The Morgan fingerprint density at radius 3 is 2.32 bits per heavy atom. The molecular formula is C18H14Cl3N3O3S. The van der Waals surface area contributed by atoms with Crippen LogP contribution in [0.15, 0.2) is 58.6 Å². The fraction of sp³-hybridized carbons (Fsp3) is 0.111. The Labute approximate surface area is 177 Å². The summed E-state index contributed by atoms with van der Waals surface area (Å²) in [4.78, 5) is 13.9. The minimum Gasteiger partial charge on any atom is -0.296 e. The molecule has 6 nitrogen and oxygen atoms in total. The smallest absolute Gasteiger partial charge is 0.296 e. The van der Waals surface area contributed by atoms with Crippen LogP contribution in [0.2, 0.25) is 15.1 Å². The molecule has 3 aromatic rings. The lowest BCUT2D eigenvalue weighted by Gasteiger charge is -2.17. The summed E-state index contributed by atoms with van der Waals surface area (Å²) < 4.78 is 26.6. The standard InChI is InChI=1S/C18H14Cl3N3O3S/c1-11-4-3-5-14(6-11)23(2)18(25)24-10-16(21)17(22-24)28(26,27)15-8-12(19)7-13(20)9-15/h3-10H,1-2H3. The first-order chi connectivity index (χ1) is 13.1. The van der Waals surface area contributed by atoms with E-state index >= 15 is 0 Å². The van der Waals surface area contributed by atoms with Crippen molar-refractivity contribution in [1.29, 1.82) is 0 Å². The number of nitrogens with zero attached hydrogens (tertiary/aromatic N) is 3. The molecule has 0 aliphatic carbocycles. The summed E-state index contributed by atoms with van der Waals surface area (Å²) in [6.45, 7) is 1.90. The zero-order valence-corrected chi connectivity index (χ0v) is 17.8. The van der Waals surface area contributed by atoms with E-state index in [1.807, 2.05) is 25.1 Å². The van der Waals surface area contributed by atoms with Crippen molar-refractivity contribution in [3.63, 3.8) is 0 Å². The van der Waals surface area contributed by atoms with Crippen LogP contribution in [-0.4, -0.2) is 31.3 Å². The second-order valence-electron chi connectivity index (χ2n) is 6.02. The monoisotopic (exact) mass is 457 g/mol. The molecule has 0 aliphatic heterocycles. The third kappa shape index (κ3) is 4.03. The number of anilines is 1. The highest BCUT2D eigenvalue weighted by Crippen LogP contribution is 2.30. The van der Waals surface area contributed by atoms with E-state index in [-0.39, 0.29) is 20.0 Å². The van der Waals surface area contributed by atoms with Crippen LogP contribution in [0.1, 0.15) is 5.56 Å². The number of carbonyl (C=O) groups excluding carboxylic acids is 1. The first-order valence-corrected chi connectivity index (χ1v) is 10.5. The number of benzene rings is 2. The molecule has 28 heavy (non-hydrogen) atoms. The first-order valence-electron chi connectivity index (χ1n) is 7.90. The van der Waals surface area contributed by atoms with Gasteiger partial charge in [-0.1, -0.05) is 46.9 Å². The van der Waals surface area contributed by atoms with E-state index in [9.17, 15) is 13.2 Å². The predicted octanol–water partition coefficient (Wildman–Crippen LogP) is 5.09. The molecule has 0 saturated carbocycles. The van der Waals surface area contributed by atoms with Gasteiger partial charge in [0.25, 0.3) is 0 Å². The summed E-state index contributed by atoms with van der Waals surface area (Å²) in [5, 5.41) is 3.55. The summed E-state index contributed by atoms with van der Waals surface area (Å²) in [6.07, 6.45) is 1.15. The molecule has 0 fully saturated rings. The Morgan fingerprint density at radius 1 is 1.07 bits per heavy atom. The van der Waals surface area contributed by atoms with Crippen LogP contribution in [-0.2, 0) is 9.84 Å². The number of rotatable bonds is 3. The molecule has 0 saturated heterocycles. The number of carbonyl (C=O) groups is 1. The molecule has 1 amide bonds. The van der Waals surface area contributed by atoms with Gasteiger partial charge in [-0.15, -0.1) is 0 Å². The summed E-state index contributed by atoms with van der Waals surface area (Å²) in [7, 11) is -2.57. The molecule has 1 heterocycles. The summed E-state index contributed by atoms with van der Waals surface area (Å²) in [5.41, 5.74) is 1.60. The zero-order valence-electron chi connectivity index (χ0n) is 14.7. The molecule has 1 aromatic heterocycles. The normalized spacial score (nSPS) is 11.5. The molecule has 2 aromatic carbocycles. The molecule has 0 aliphatic rings. The van der Waals surface area contributed by atoms with Gasteiger partial charge in [-0.05, 0) is 42.8 Å². The average Bonchev–Trinajstić information content (AvgIpc) is 3.02. The number of aryl methyl sites for hydroxylation is 1. The van der Waals surface area contributed by atoms with Crippen molar-refractivity contribution in [2.75, 3.05) is 11.9 Å². The maximum atomic E-state index is 12.9. The van der Waals surface area contributed by atoms with Crippen LogP contribution in [0.25, 0.3) is 0 Å². The number of amides is 1. The van der Waals surface area contributed by atoms with Crippen molar-refractivity contribution in [2.45, 2.75) is 16.8 Å². The van der Waals surface area contributed by atoms with E-state index in [1.54, 1.807) is 13.1 Å². The van der Waals surface area contributed by atoms with E-state index in [2.05, 4.69) is 5.10 Å². The highest BCUT2D eigenvalue weighted by Gasteiger charge is 2.28. The van der Waals surface area contributed by atoms with Gasteiger partial charge in [0.2, 0.25) is 14.9 Å². The van der Waals surface area contributed by atoms with Crippen LogP contribution in [0.3, 0.4) is 0 Å². The second kappa shape index (κ2) is 7.75. The van der Waals surface area contributed by atoms with Crippen LogP contribution in [0.4, 0.5) is 10.5 Å². The summed E-state index contributed by atoms with van der Waals surface area (Å²) in [5.74, 6) is 0. The van der Waals surface area contributed by atoms with Crippen LogP contribution < -0.4 is 4.90 Å². The maximum Gasteiger partial charge on any atom is 0.348 e. The van der Waals surface area contributed by atoms with Gasteiger partial charge >= 0.3 is 6.03 Å². The molecule has 0 bridgehead atoms. The van der Waals surface area contributed by atoms with Gasteiger partial charge in [0.05, 0.1) is 16.1 Å². The van der Waals surface area contributed by atoms with E-state index in [0.29, 0.717) is 5.69 Å². The third-order valence-electron chi connectivity index (χ3n) is 3.91. The highest BCUT2D eigenvalue weighted by atomic mass is 35.5. The van der Waals surface area contributed by atoms with Gasteiger partial charge < -0.3 is 0 Å². The number of halogens is 3. The van der Waals surface area contributed by atoms with Gasteiger partial charge in [0, 0.05) is 22.8 Å². The zero-order chi connectivity index (χ0) is 20.6. The minimum atomic E-state index is -4.13. The van der Waals surface area contributed by atoms with E-state index < -0.39 is 20.9 Å².